The van der Waals surface area contributed by atoms with Gasteiger partial charge in [-0.05, 0) is 53.8 Å². The van der Waals surface area contributed by atoms with Gasteiger partial charge in [0.1, 0.15) is 12.4 Å². The topological polar surface area (TPSA) is 35.2 Å². The van der Waals surface area contributed by atoms with E-state index in [2.05, 4.69) is 12.1 Å². The molecule has 3 rings (SSSR count). The van der Waals surface area contributed by atoms with Crippen molar-refractivity contribution in [1.82, 2.24) is 0 Å². The number of aryl methyl sites for hydroxylation is 1. The Labute approximate surface area is 128 Å². The van der Waals surface area contributed by atoms with E-state index in [0.717, 1.165) is 24.2 Å². The van der Waals surface area contributed by atoms with E-state index in [4.69, 9.17) is 33.7 Å². The Balaban J connectivity index is 1.71. The molecule has 0 saturated heterocycles. The highest BCUT2D eigenvalue weighted by Crippen LogP contribution is 2.32. The van der Waals surface area contributed by atoms with Crippen LogP contribution in [0.1, 0.15) is 29.2 Å². The molecule has 0 saturated carbocycles. The van der Waals surface area contributed by atoms with Gasteiger partial charge in [0.25, 0.3) is 0 Å². The molecule has 0 aliphatic heterocycles. The van der Waals surface area contributed by atoms with E-state index in [1.54, 1.807) is 6.07 Å². The summed E-state index contributed by atoms with van der Waals surface area (Å²) in [7, 11) is 0. The molecule has 20 heavy (non-hydrogen) atoms. The second-order valence-electron chi connectivity index (χ2n) is 5.04. The smallest absolute Gasteiger partial charge is 0.120 e. The van der Waals surface area contributed by atoms with Crippen molar-refractivity contribution in [3.05, 3.63) is 63.1 Å². The largest absolute Gasteiger partial charge is 0.489 e. The maximum atomic E-state index is 6.02. The van der Waals surface area contributed by atoms with E-state index in [-0.39, 0.29) is 6.04 Å². The summed E-state index contributed by atoms with van der Waals surface area (Å²) in [5.41, 5.74) is 9.56. The highest BCUT2D eigenvalue weighted by Gasteiger charge is 2.19. The molecule has 4 heteroatoms. The van der Waals surface area contributed by atoms with Gasteiger partial charge in [-0.3, -0.25) is 0 Å². The van der Waals surface area contributed by atoms with Crippen molar-refractivity contribution in [2.45, 2.75) is 25.5 Å². The highest BCUT2D eigenvalue weighted by molar-refractivity contribution is 6.42. The molecule has 2 N–H and O–H groups in total. The van der Waals surface area contributed by atoms with Gasteiger partial charge >= 0.3 is 0 Å². The molecule has 0 radical (unpaired) electrons. The van der Waals surface area contributed by atoms with Crippen LogP contribution in [-0.4, -0.2) is 0 Å². The summed E-state index contributed by atoms with van der Waals surface area (Å²) in [5, 5.41) is 1.11. The Kier molecular flexibility index (Phi) is 3.88. The van der Waals surface area contributed by atoms with Crippen molar-refractivity contribution in [1.29, 1.82) is 0 Å². The summed E-state index contributed by atoms with van der Waals surface area (Å²) in [6.45, 7) is 0.474. The van der Waals surface area contributed by atoms with Gasteiger partial charge in [-0.15, -0.1) is 0 Å². The normalized spacial score (nSPS) is 17.1. The Morgan fingerprint density at radius 3 is 2.75 bits per heavy atom. The van der Waals surface area contributed by atoms with Gasteiger partial charge in [0.05, 0.1) is 10.0 Å². The Morgan fingerprint density at radius 1 is 1.10 bits per heavy atom. The van der Waals surface area contributed by atoms with Crippen LogP contribution in [0.3, 0.4) is 0 Å². The lowest BCUT2D eigenvalue weighted by atomic mass is 10.1. The average Bonchev–Trinajstić information content (AvgIpc) is 2.81. The fourth-order valence-electron chi connectivity index (χ4n) is 2.51. The maximum Gasteiger partial charge on any atom is 0.120 e. The first kappa shape index (κ1) is 13.7. The zero-order chi connectivity index (χ0) is 14.1. The minimum Gasteiger partial charge on any atom is -0.489 e. The highest BCUT2D eigenvalue weighted by atomic mass is 35.5. The third-order valence-electron chi connectivity index (χ3n) is 3.63. The average molecular weight is 308 g/mol. The van der Waals surface area contributed by atoms with Crippen LogP contribution in [0, 0.1) is 0 Å². The fourth-order valence-corrected chi connectivity index (χ4v) is 2.83. The molecule has 0 amide bonds. The molecular weight excluding hydrogens is 293 g/mol. The van der Waals surface area contributed by atoms with Crippen LogP contribution in [-0.2, 0) is 13.0 Å². The summed E-state index contributed by atoms with van der Waals surface area (Å²) in [4.78, 5) is 0. The molecule has 104 valence electrons. The van der Waals surface area contributed by atoms with Crippen molar-refractivity contribution < 1.29 is 4.74 Å². The van der Waals surface area contributed by atoms with Crippen LogP contribution in [0.25, 0.3) is 0 Å². The van der Waals surface area contributed by atoms with Gasteiger partial charge in [0.2, 0.25) is 0 Å². The first-order valence-electron chi connectivity index (χ1n) is 6.58. The van der Waals surface area contributed by atoms with Crippen LogP contribution in [0.4, 0.5) is 0 Å². The van der Waals surface area contributed by atoms with Crippen LogP contribution >= 0.6 is 23.2 Å². The third kappa shape index (κ3) is 2.78. The Bertz CT molecular complexity index is 642. The van der Waals surface area contributed by atoms with Crippen LogP contribution in [0.15, 0.2) is 36.4 Å². The molecule has 1 atom stereocenters. The lowest BCUT2D eigenvalue weighted by molar-refractivity contribution is 0.306. The summed E-state index contributed by atoms with van der Waals surface area (Å²) in [6.07, 6.45) is 2.05. The second-order valence-corrected chi connectivity index (χ2v) is 5.86. The number of rotatable bonds is 3. The molecule has 0 fully saturated rings. The molecule has 0 aromatic heterocycles. The fraction of sp³-hybridized carbons (Fsp3) is 0.250. The summed E-state index contributed by atoms with van der Waals surface area (Å²) < 4.78 is 5.80. The van der Waals surface area contributed by atoms with Crippen LogP contribution in [0.2, 0.25) is 10.0 Å². The monoisotopic (exact) mass is 307 g/mol. The van der Waals surface area contributed by atoms with Gasteiger partial charge in [0.15, 0.2) is 0 Å². The number of halogens is 2. The van der Waals surface area contributed by atoms with E-state index in [9.17, 15) is 0 Å². The van der Waals surface area contributed by atoms with Crippen molar-refractivity contribution in [3.63, 3.8) is 0 Å². The minimum absolute atomic E-state index is 0.175. The van der Waals surface area contributed by atoms with E-state index in [1.807, 2.05) is 18.2 Å². The van der Waals surface area contributed by atoms with Gasteiger partial charge < -0.3 is 10.5 Å². The summed E-state index contributed by atoms with van der Waals surface area (Å²) in [5.74, 6) is 0.865. The lowest BCUT2D eigenvalue weighted by Gasteiger charge is -2.10. The van der Waals surface area contributed by atoms with Gasteiger partial charge in [-0.2, -0.15) is 0 Å². The van der Waals surface area contributed by atoms with Gasteiger partial charge in [0, 0.05) is 6.04 Å². The zero-order valence-electron chi connectivity index (χ0n) is 10.9. The molecule has 2 aromatic rings. The third-order valence-corrected chi connectivity index (χ3v) is 4.37. The number of benzene rings is 2. The summed E-state index contributed by atoms with van der Waals surface area (Å²) in [6, 6.07) is 11.8. The van der Waals surface area contributed by atoms with Crippen molar-refractivity contribution >= 4 is 23.2 Å². The Hall–Kier alpha value is -1.22. The minimum atomic E-state index is 0.175. The molecule has 2 nitrogen and oxygen atoms in total. The van der Waals surface area contributed by atoms with E-state index in [1.165, 1.54) is 11.1 Å². The predicted octanol–water partition coefficient (Wildman–Crippen LogP) is 4.52. The number of nitrogens with two attached hydrogens (primary N) is 1. The first-order valence-corrected chi connectivity index (χ1v) is 7.34. The van der Waals surface area contributed by atoms with Gasteiger partial charge in [-0.1, -0.05) is 35.3 Å². The molecular formula is C16H15Cl2NO. The van der Waals surface area contributed by atoms with Crippen molar-refractivity contribution in [2.24, 2.45) is 5.73 Å². The van der Waals surface area contributed by atoms with E-state index >= 15 is 0 Å². The molecule has 2 aromatic carbocycles. The van der Waals surface area contributed by atoms with E-state index < -0.39 is 0 Å². The number of ether oxygens (including phenoxy) is 1. The van der Waals surface area contributed by atoms with Crippen molar-refractivity contribution in [2.75, 3.05) is 0 Å². The number of hydrogen-bond donors (Lipinski definition) is 1. The molecule has 0 bridgehead atoms. The van der Waals surface area contributed by atoms with E-state index in [0.29, 0.717) is 16.7 Å². The molecule has 1 aliphatic rings. The second kappa shape index (κ2) is 5.65. The Morgan fingerprint density at radius 2 is 1.95 bits per heavy atom. The molecule has 0 unspecified atom stereocenters. The SMILES string of the molecule is N[C@@H]1CCc2cc(OCc3ccc(Cl)c(Cl)c3)ccc21. The molecule has 0 heterocycles. The summed E-state index contributed by atoms with van der Waals surface area (Å²) >= 11 is 11.9. The standard InChI is InChI=1S/C16H15Cl2NO/c17-14-5-1-10(7-15(14)18)9-20-12-3-4-13-11(8-12)2-6-16(13)19/h1,3-5,7-8,16H,2,6,9,19H2/t16-/m1/s1. The lowest BCUT2D eigenvalue weighted by Crippen LogP contribution is -2.05. The molecule has 1 aliphatic carbocycles. The van der Waals surface area contributed by atoms with Crippen molar-refractivity contribution in [3.8, 4) is 5.75 Å². The quantitative estimate of drug-likeness (QED) is 0.905. The molecule has 0 spiro atoms. The predicted molar refractivity (Wildman–Crippen MR) is 82.5 cm³/mol. The number of hydrogen-bond acceptors (Lipinski definition) is 2. The first-order chi connectivity index (χ1) is 9.63. The van der Waals surface area contributed by atoms with Crippen LogP contribution < -0.4 is 10.5 Å². The van der Waals surface area contributed by atoms with Crippen LogP contribution in [0.5, 0.6) is 5.75 Å². The number of fused-ring (bicyclic) bond motifs is 1. The zero-order valence-corrected chi connectivity index (χ0v) is 12.4. The van der Waals surface area contributed by atoms with Gasteiger partial charge in [-0.25, -0.2) is 0 Å². The maximum absolute atomic E-state index is 6.02.